The molecule has 25 heavy (non-hydrogen) atoms. The number of carbonyl (C=O) groups is 2. The molecule has 1 aromatic carbocycles. The molecule has 134 valence electrons. The van der Waals surface area contributed by atoms with Crippen LogP contribution in [-0.4, -0.2) is 28.7 Å². The van der Waals surface area contributed by atoms with Crippen molar-refractivity contribution in [2.45, 2.75) is 27.2 Å². The lowest BCUT2D eigenvalue weighted by Crippen LogP contribution is -2.32. The highest BCUT2D eigenvalue weighted by molar-refractivity contribution is 6.39. The summed E-state index contributed by atoms with van der Waals surface area (Å²) < 4.78 is 5.14. The van der Waals surface area contributed by atoms with E-state index in [1.807, 2.05) is 0 Å². The zero-order valence-electron chi connectivity index (χ0n) is 14.0. The molecule has 1 amide bonds. The Morgan fingerprint density at radius 2 is 1.88 bits per heavy atom. The zero-order chi connectivity index (χ0) is 18.8. The third-order valence-electron chi connectivity index (χ3n) is 3.90. The predicted octanol–water partition coefficient (Wildman–Crippen LogP) is 4.19. The number of hydrogen-bond donors (Lipinski definition) is 2. The summed E-state index contributed by atoms with van der Waals surface area (Å²) in [4.78, 5) is 23.7. The SMILES string of the molecule is Cc1onc(-c2c(Cl)cccc2Cl)c1C(=O)NCCC(C)(C)C(=O)O. The minimum absolute atomic E-state index is 0.193. The average Bonchev–Trinajstić information content (AvgIpc) is 2.88. The maximum atomic E-state index is 12.6. The summed E-state index contributed by atoms with van der Waals surface area (Å²) >= 11 is 12.4. The van der Waals surface area contributed by atoms with Crippen LogP contribution in [0.3, 0.4) is 0 Å². The van der Waals surface area contributed by atoms with Gasteiger partial charge in [0.25, 0.3) is 5.91 Å². The summed E-state index contributed by atoms with van der Waals surface area (Å²) in [6.45, 7) is 5.00. The van der Waals surface area contributed by atoms with E-state index in [1.54, 1.807) is 39.0 Å². The second-order valence-corrected chi connectivity index (χ2v) is 7.07. The van der Waals surface area contributed by atoms with Crippen LogP contribution in [0.25, 0.3) is 11.3 Å². The van der Waals surface area contributed by atoms with E-state index in [1.165, 1.54) is 0 Å². The molecule has 1 heterocycles. The number of hydrogen-bond acceptors (Lipinski definition) is 4. The number of carboxylic acids is 1. The molecule has 0 spiro atoms. The van der Waals surface area contributed by atoms with E-state index in [4.69, 9.17) is 32.8 Å². The molecule has 0 aliphatic carbocycles. The van der Waals surface area contributed by atoms with E-state index in [-0.39, 0.29) is 24.2 Å². The number of rotatable bonds is 6. The van der Waals surface area contributed by atoms with Crippen molar-refractivity contribution in [3.05, 3.63) is 39.6 Å². The van der Waals surface area contributed by atoms with Crippen LogP contribution >= 0.6 is 23.2 Å². The van der Waals surface area contributed by atoms with Crippen molar-refractivity contribution in [1.82, 2.24) is 10.5 Å². The molecule has 2 N–H and O–H groups in total. The fraction of sp³-hybridized carbons (Fsp3) is 0.353. The Morgan fingerprint density at radius 3 is 2.44 bits per heavy atom. The summed E-state index contributed by atoms with van der Waals surface area (Å²) in [5.74, 6) is -1.03. The standard InChI is InChI=1S/C17H18Cl2N2O4/c1-9-12(15(22)20-8-7-17(2,3)16(23)24)14(21-25-9)13-10(18)5-4-6-11(13)19/h4-6H,7-8H2,1-3H3,(H,20,22)(H,23,24). The first-order valence-electron chi connectivity index (χ1n) is 7.57. The molecule has 1 aromatic heterocycles. The number of benzene rings is 1. The zero-order valence-corrected chi connectivity index (χ0v) is 15.5. The Morgan fingerprint density at radius 1 is 1.28 bits per heavy atom. The van der Waals surface area contributed by atoms with Crippen LogP contribution < -0.4 is 5.32 Å². The van der Waals surface area contributed by atoms with Gasteiger partial charge in [-0.2, -0.15) is 0 Å². The number of carbonyl (C=O) groups excluding carboxylic acids is 1. The molecule has 6 nitrogen and oxygen atoms in total. The molecule has 0 aliphatic heterocycles. The number of nitrogens with one attached hydrogen (secondary N) is 1. The van der Waals surface area contributed by atoms with Crippen LogP contribution in [0.2, 0.25) is 10.0 Å². The number of nitrogens with zero attached hydrogens (tertiary/aromatic N) is 1. The van der Waals surface area contributed by atoms with Gasteiger partial charge < -0.3 is 14.9 Å². The Labute approximate surface area is 155 Å². The molecule has 8 heteroatoms. The first-order chi connectivity index (χ1) is 11.6. The van der Waals surface area contributed by atoms with Crippen molar-refractivity contribution >= 4 is 35.1 Å². The van der Waals surface area contributed by atoms with Gasteiger partial charge in [-0.1, -0.05) is 34.4 Å². The monoisotopic (exact) mass is 384 g/mol. The normalized spacial score (nSPS) is 11.4. The third kappa shape index (κ3) is 4.14. The molecule has 0 radical (unpaired) electrons. The first kappa shape index (κ1) is 19.3. The molecule has 0 atom stereocenters. The van der Waals surface area contributed by atoms with E-state index < -0.39 is 17.3 Å². The lowest BCUT2D eigenvalue weighted by molar-refractivity contribution is -0.147. The number of amides is 1. The van der Waals surface area contributed by atoms with Crippen molar-refractivity contribution in [3.8, 4) is 11.3 Å². The summed E-state index contributed by atoms with van der Waals surface area (Å²) in [5.41, 5.74) is -0.0452. The summed E-state index contributed by atoms with van der Waals surface area (Å²) in [6.07, 6.45) is 0.278. The van der Waals surface area contributed by atoms with Crippen LogP contribution in [0, 0.1) is 12.3 Å². The lowest BCUT2D eigenvalue weighted by Gasteiger charge is -2.18. The molecular weight excluding hydrogens is 367 g/mol. The lowest BCUT2D eigenvalue weighted by atomic mass is 9.89. The number of aromatic nitrogens is 1. The molecule has 0 saturated carbocycles. The van der Waals surface area contributed by atoms with E-state index in [2.05, 4.69) is 10.5 Å². The molecule has 2 rings (SSSR count). The molecule has 2 aromatic rings. The van der Waals surface area contributed by atoms with Crippen LogP contribution in [0.15, 0.2) is 22.7 Å². The van der Waals surface area contributed by atoms with Gasteiger partial charge in [0.2, 0.25) is 0 Å². The van der Waals surface area contributed by atoms with Gasteiger partial charge in [0.15, 0.2) is 0 Å². The van der Waals surface area contributed by atoms with Gasteiger partial charge in [0.1, 0.15) is 17.0 Å². The third-order valence-corrected chi connectivity index (χ3v) is 4.53. The van der Waals surface area contributed by atoms with Crippen molar-refractivity contribution in [1.29, 1.82) is 0 Å². The fourth-order valence-electron chi connectivity index (χ4n) is 2.22. The number of aryl methyl sites for hydroxylation is 1. The highest BCUT2D eigenvalue weighted by atomic mass is 35.5. The summed E-state index contributed by atoms with van der Waals surface area (Å²) in [5, 5.41) is 16.4. The highest BCUT2D eigenvalue weighted by Crippen LogP contribution is 2.36. The van der Waals surface area contributed by atoms with Gasteiger partial charge in [0, 0.05) is 12.1 Å². The van der Waals surface area contributed by atoms with Crippen LogP contribution in [-0.2, 0) is 4.79 Å². The molecule has 0 unspecified atom stereocenters. The van der Waals surface area contributed by atoms with E-state index >= 15 is 0 Å². The Bertz CT molecular complexity index is 795. The summed E-state index contributed by atoms with van der Waals surface area (Å²) in [6, 6.07) is 4.97. The number of carboxylic acid groups (broad SMARTS) is 1. The van der Waals surface area contributed by atoms with E-state index in [9.17, 15) is 9.59 Å². The average molecular weight is 385 g/mol. The van der Waals surface area contributed by atoms with Gasteiger partial charge in [-0.15, -0.1) is 0 Å². The molecule has 0 bridgehead atoms. The molecule has 0 saturated heterocycles. The van der Waals surface area contributed by atoms with Crippen LogP contribution in [0.1, 0.15) is 36.4 Å². The smallest absolute Gasteiger partial charge is 0.309 e. The Balaban J connectivity index is 2.25. The number of halogens is 2. The van der Waals surface area contributed by atoms with Crippen LogP contribution in [0.5, 0.6) is 0 Å². The summed E-state index contributed by atoms with van der Waals surface area (Å²) in [7, 11) is 0. The van der Waals surface area contributed by atoms with Gasteiger partial charge in [0.05, 0.1) is 15.5 Å². The van der Waals surface area contributed by atoms with Gasteiger partial charge in [-0.25, -0.2) is 0 Å². The van der Waals surface area contributed by atoms with Crippen molar-refractivity contribution in [2.24, 2.45) is 5.41 Å². The Kier molecular flexibility index (Phi) is 5.75. The molecular formula is C17H18Cl2N2O4. The van der Waals surface area contributed by atoms with E-state index in [0.29, 0.717) is 21.4 Å². The Hall–Kier alpha value is -2.05. The second-order valence-electron chi connectivity index (χ2n) is 6.25. The minimum atomic E-state index is -0.939. The van der Waals surface area contributed by atoms with E-state index in [0.717, 1.165) is 0 Å². The van der Waals surface area contributed by atoms with Gasteiger partial charge in [-0.05, 0) is 39.3 Å². The minimum Gasteiger partial charge on any atom is -0.481 e. The van der Waals surface area contributed by atoms with Crippen molar-refractivity contribution in [3.63, 3.8) is 0 Å². The topological polar surface area (TPSA) is 92.4 Å². The van der Waals surface area contributed by atoms with Crippen LogP contribution in [0.4, 0.5) is 0 Å². The molecule has 0 aliphatic rings. The quantitative estimate of drug-likeness (QED) is 0.778. The maximum Gasteiger partial charge on any atom is 0.309 e. The highest BCUT2D eigenvalue weighted by Gasteiger charge is 2.28. The maximum absolute atomic E-state index is 12.6. The van der Waals surface area contributed by atoms with Crippen molar-refractivity contribution < 1.29 is 19.2 Å². The fourth-order valence-corrected chi connectivity index (χ4v) is 2.79. The van der Waals surface area contributed by atoms with Crippen molar-refractivity contribution in [2.75, 3.05) is 6.54 Å². The number of aliphatic carboxylic acids is 1. The largest absolute Gasteiger partial charge is 0.481 e. The first-order valence-corrected chi connectivity index (χ1v) is 8.33. The predicted molar refractivity (Wildman–Crippen MR) is 95.1 cm³/mol. The van der Waals surface area contributed by atoms with Gasteiger partial charge >= 0.3 is 5.97 Å². The molecule has 0 fully saturated rings. The van der Waals surface area contributed by atoms with Gasteiger partial charge in [-0.3, -0.25) is 9.59 Å². The second kappa shape index (κ2) is 7.45.